The monoisotopic (exact) mass is 636 g/mol. The van der Waals surface area contributed by atoms with Crippen molar-refractivity contribution in [3.63, 3.8) is 0 Å². The second-order valence-electron chi connectivity index (χ2n) is 9.68. The molecule has 0 unspecified atom stereocenters. The summed E-state index contributed by atoms with van der Waals surface area (Å²) in [4.78, 5) is 83.5. The van der Waals surface area contributed by atoms with Crippen LogP contribution in [-0.4, -0.2) is 122 Å². The second kappa shape index (κ2) is 16.3. The molecule has 18 heteroatoms. The van der Waals surface area contributed by atoms with Crippen LogP contribution in [0.1, 0.15) is 48.5 Å². The lowest BCUT2D eigenvalue weighted by Crippen LogP contribution is -2.67. The van der Waals surface area contributed by atoms with Crippen LogP contribution in [0, 0.1) is 0 Å². The van der Waals surface area contributed by atoms with Crippen molar-refractivity contribution in [1.82, 2.24) is 0 Å². The summed E-state index contributed by atoms with van der Waals surface area (Å²) in [5.41, 5.74) is 0. The molecule has 44 heavy (non-hydrogen) atoms. The molecule has 0 aromatic carbocycles. The number of hydrogen-bond acceptors (Lipinski definition) is 18. The van der Waals surface area contributed by atoms with Crippen LogP contribution in [0.4, 0.5) is 0 Å². The van der Waals surface area contributed by atoms with Crippen LogP contribution in [0.15, 0.2) is 0 Å². The summed E-state index contributed by atoms with van der Waals surface area (Å²) in [5, 5.41) is 10.6. The topological polar surface area (TPSA) is 232 Å². The molecule has 2 fully saturated rings. The van der Waals surface area contributed by atoms with Crippen molar-refractivity contribution in [2.75, 3.05) is 13.2 Å². The molecule has 0 bridgehead atoms. The molecule has 0 amide bonds. The Kier molecular flexibility index (Phi) is 13.4. The first-order valence-corrected chi connectivity index (χ1v) is 13.3. The average molecular weight is 637 g/mol. The maximum Gasteiger partial charge on any atom is 0.303 e. The summed E-state index contributed by atoms with van der Waals surface area (Å²) in [7, 11) is 0. The third kappa shape index (κ3) is 10.7. The van der Waals surface area contributed by atoms with Crippen LogP contribution >= 0.6 is 0 Å². The molecule has 2 aliphatic rings. The summed E-state index contributed by atoms with van der Waals surface area (Å²) in [6, 6.07) is 0. The van der Waals surface area contributed by atoms with E-state index in [1.807, 2.05) is 0 Å². The van der Waals surface area contributed by atoms with Crippen LogP contribution in [0.25, 0.3) is 0 Å². The Morgan fingerprint density at radius 2 is 0.841 bits per heavy atom. The SMILES string of the molecule is CC(=O)OC[C@H]1O[C@@H](O)[C@H](OC(C)=O)[C@@H](OC(C)=O)[C@H]1O[C@H]1O[C@H](COC(C)=O)[C@@H](OC(C)=O)[C@H](OC(C)=O)[C@H]1OC(C)=O. The van der Waals surface area contributed by atoms with Crippen LogP contribution in [0.2, 0.25) is 0 Å². The van der Waals surface area contributed by atoms with Gasteiger partial charge >= 0.3 is 41.8 Å². The van der Waals surface area contributed by atoms with Crippen molar-refractivity contribution in [2.45, 2.75) is 110 Å². The normalized spacial score (nSPS) is 31.5. The number of ether oxygens (including phenoxy) is 10. The highest BCUT2D eigenvalue weighted by atomic mass is 16.8. The van der Waals surface area contributed by atoms with E-state index in [1.54, 1.807) is 0 Å². The largest absolute Gasteiger partial charge is 0.463 e. The van der Waals surface area contributed by atoms with Crippen molar-refractivity contribution in [3.05, 3.63) is 0 Å². The molecule has 1 N–H and O–H groups in total. The summed E-state index contributed by atoms with van der Waals surface area (Å²) in [6.45, 7) is 6.11. The first kappa shape index (κ1) is 36.3. The van der Waals surface area contributed by atoms with E-state index in [0.29, 0.717) is 0 Å². The molecule has 0 saturated carbocycles. The molecule has 0 aromatic rings. The molecule has 248 valence electrons. The highest BCUT2D eigenvalue weighted by Crippen LogP contribution is 2.34. The summed E-state index contributed by atoms with van der Waals surface area (Å²) in [6.07, 6.45) is -16.3. The lowest BCUT2D eigenvalue weighted by atomic mass is 9.96. The molecule has 2 heterocycles. The molecule has 2 aliphatic heterocycles. The molecule has 0 aromatic heterocycles. The number of carbonyl (C=O) groups excluding carboxylic acids is 7. The van der Waals surface area contributed by atoms with E-state index in [0.717, 1.165) is 48.5 Å². The van der Waals surface area contributed by atoms with E-state index in [4.69, 9.17) is 47.4 Å². The van der Waals surface area contributed by atoms with Gasteiger partial charge < -0.3 is 52.5 Å². The lowest BCUT2D eigenvalue weighted by Gasteiger charge is -2.48. The van der Waals surface area contributed by atoms with Gasteiger partial charge in [-0.15, -0.1) is 0 Å². The first-order valence-electron chi connectivity index (χ1n) is 13.3. The van der Waals surface area contributed by atoms with Gasteiger partial charge in [0.15, 0.2) is 43.1 Å². The second-order valence-corrected chi connectivity index (χ2v) is 9.68. The van der Waals surface area contributed by atoms with Gasteiger partial charge in [-0.25, -0.2) is 0 Å². The average Bonchev–Trinajstić information content (AvgIpc) is 2.87. The van der Waals surface area contributed by atoms with Gasteiger partial charge in [0.05, 0.1) is 0 Å². The van der Waals surface area contributed by atoms with Crippen LogP contribution < -0.4 is 0 Å². The number of aliphatic hydroxyl groups excluding tert-OH is 1. The van der Waals surface area contributed by atoms with Gasteiger partial charge in [0.1, 0.15) is 31.5 Å². The Morgan fingerprint density at radius 3 is 1.27 bits per heavy atom. The summed E-state index contributed by atoms with van der Waals surface area (Å²) >= 11 is 0. The number of rotatable bonds is 11. The van der Waals surface area contributed by atoms with E-state index < -0.39 is 116 Å². The van der Waals surface area contributed by atoms with Gasteiger partial charge in [-0.05, 0) is 0 Å². The van der Waals surface area contributed by atoms with Gasteiger partial charge in [0, 0.05) is 48.5 Å². The van der Waals surface area contributed by atoms with Gasteiger partial charge in [-0.2, -0.15) is 0 Å². The molecule has 2 saturated heterocycles. The van der Waals surface area contributed by atoms with Crippen molar-refractivity contribution < 1.29 is 86.0 Å². The molecule has 10 atom stereocenters. The molecule has 0 spiro atoms. The minimum atomic E-state index is -1.90. The van der Waals surface area contributed by atoms with Gasteiger partial charge in [-0.1, -0.05) is 0 Å². The highest BCUT2D eigenvalue weighted by Gasteiger charge is 2.57. The summed E-state index contributed by atoms with van der Waals surface area (Å²) < 4.78 is 54.1. The van der Waals surface area contributed by atoms with E-state index in [2.05, 4.69) is 0 Å². The number of carbonyl (C=O) groups is 7. The standard InChI is InChI=1S/C26H36O18/c1-10(27)35-8-17-20(21(38-13(4)30)23(25(34)42-17)40-15(6)32)44-26-24(41-16(7)33)22(39-14(5)31)19(37-12(3)29)18(43-26)9-36-11(2)28/h17-26,34H,8-9H2,1-7H3/t17-,18-,19-,20+,21+,22+,23-,24-,25-,26-/m1/s1. The number of hydrogen-bond donors (Lipinski definition) is 1. The number of esters is 7. The highest BCUT2D eigenvalue weighted by molar-refractivity contribution is 5.69. The van der Waals surface area contributed by atoms with E-state index in [1.165, 1.54) is 0 Å². The van der Waals surface area contributed by atoms with Gasteiger partial charge in [-0.3, -0.25) is 33.6 Å². The molecule has 2 rings (SSSR count). The molecule has 0 radical (unpaired) electrons. The lowest BCUT2D eigenvalue weighted by molar-refractivity contribution is -0.357. The summed E-state index contributed by atoms with van der Waals surface area (Å²) in [5.74, 6) is -6.03. The Hall–Kier alpha value is -3.87. The quantitative estimate of drug-likeness (QED) is 0.203. The molecular weight excluding hydrogens is 600 g/mol. The fourth-order valence-electron chi connectivity index (χ4n) is 4.49. The van der Waals surface area contributed by atoms with Gasteiger partial charge in [0.2, 0.25) is 0 Å². The third-order valence-corrected chi connectivity index (χ3v) is 5.90. The number of aliphatic hydroxyl groups is 1. The maximum absolute atomic E-state index is 12.2. The Labute approximate surface area is 251 Å². The van der Waals surface area contributed by atoms with Crippen molar-refractivity contribution in [2.24, 2.45) is 0 Å². The minimum Gasteiger partial charge on any atom is -0.463 e. The van der Waals surface area contributed by atoms with E-state index in [-0.39, 0.29) is 0 Å². The zero-order chi connectivity index (χ0) is 33.3. The van der Waals surface area contributed by atoms with Crippen LogP contribution in [0.5, 0.6) is 0 Å². The minimum absolute atomic E-state index is 0.572. The Balaban J connectivity index is 2.66. The Bertz CT molecular complexity index is 1090. The van der Waals surface area contributed by atoms with Crippen molar-refractivity contribution in [1.29, 1.82) is 0 Å². The molecular formula is C26H36O18. The van der Waals surface area contributed by atoms with Crippen molar-refractivity contribution >= 4 is 41.8 Å². The van der Waals surface area contributed by atoms with Crippen LogP contribution in [0.3, 0.4) is 0 Å². The third-order valence-electron chi connectivity index (χ3n) is 5.90. The van der Waals surface area contributed by atoms with Crippen LogP contribution in [-0.2, 0) is 80.9 Å². The fraction of sp³-hybridized carbons (Fsp3) is 0.731. The van der Waals surface area contributed by atoms with Gasteiger partial charge in [0.25, 0.3) is 0 Å². The smallest absolute Gasteiger partial charge is 0.303 e. The van der Waals surface area contributed by atoms with Crippen molar-refractivity contribution in [3.8, 4) is 0 Å². The first-order chi connectivity index (χ1) is 20.5. The predicted octanol–water partition coefficient (Wildman–Crippen LogP) is -1.40. The Morgan fingerprint density at radius 1 is 0.477 bits per heavy atom. The fourth-order valence-corrected chi connectivity index (χ4v) is 4.49. The van der Waals surface area contributed by atoms with E-state index >= 15 is 0 Å². The molecule has 0 aliphatic carbocycles. The van der Waals surface area contributed by atoms with E-state index in [9.17, 15) is 38.7 Å². The zero-order valence-corrected chi connectivity index (χ0v) is 25.1. The molecule has 18 nitrogen and oxygen atoms in total. The maximum atomic E-state index is 12.2. The predicted molar refractivity (Wildman–Crippen MR) is 135 cm³/mol. The zero-order valence-electron chi connectivity index (χ0n) is 25.1.